The van der Waals surface area contributed by atoms with Crippen molar-refractivity contribution in [3.8, 4) is 11.5 Å². The topological polar surface area (TPSA) is 43.4 Å². The lowest BCUT2D eigenvalue weighted by Crippen LogP contribution is -2.23. The highest BCUT2D eigenvalue weighted by Crippen LogP contribution is 2.40. The third kappa shape index (κ3) is 3.36. The van der Waals surface area contributed by atoms with E-state index < -0.39 is 0 Å². The second-order valence-electron chi connectivity index (χ2n) is 4.45. The van der Waals surface area contributed by atoms with Crippen molar-refractivity contribution in [2.45, 2.75) is 13.0 Å². The van der Waals surface area contributed by atoms with Crippen LogP contribution in [0.4, 0.5) is 0 Å². The summed E-state index contributed by atoms with van der Waals surface area (Å²) in [4.78, 5) is 4.46. The molecule has 0 aliphatic carbocycles. The number of benzene rings is 1. The van der Waals surface area contributed by atoms with Gasteiger partial charge in [0.2, 0.25) is 0 Å². The highest BCUT2D eigenvalue weighted by molar-refractivity contribution is 9.10. The maximum atomic E-state index is 5.57. The summed E-state index contributed by atoms with van der Waals surface area (Å²) in [5, 5.41) is 3.45. The van der Waals surface area contributed by atoms with Crippen LogP contribution in [0.3, 0.4) is 0 Å². The zero-order valence-corrected chi connectivity index (χ0v) is 14.0. The second kappa shape index (κ2) is 7.43. The van der Waals surface area contributed by atoms with Gasteiger partial charge >= 0.3 is 0 Å². The van der Waals surface area contributed by atoms with Gasteiger partial charge in [-0.25, -0.2) is 0 Å². The quantitative estimate of drug-likeness (QED) is 0.864. The predicted molar refractivity (Wildman–Crippen MR) is 87.0 cm³/mol. The van der Waals surface area contributed by atoms with E-state index in [9.17, 15) is 0 Å². The summed E-state index contributed by atoms with van der Waals surface area (Å²) < 4.78 is 11.7. The summed E-state index contributed by atoms with van der Waals surface area (Å²) >= 11 is 3.55. The Balaban J connectivity index is 2.53. The van der Waals surface area contributed by atoms with E-state index in [0.717, 1.165) is 33.8 Å². The maximum Gasteiger partial charge on any atom is 0.141 e. The molecule has 0 spiro atoms. The molecule has 1 N–H and O–H groups in total. The summed E-state index contributed by atoms with van der Waals surface area (Å²) in [6, 6.07) is 9.80. The van der Waals surface area contributed by atoms with Gasteiger partial charge in [0.25, 0.3) is 0 Å². The molecule has 1 unspecified atom stereocenters. The molecule has 5 heteroatoms. The normalized spacial score (nSPS) is 12.0. The van der Waals surface area contributed by atoms with Gasteiger partial charge in [0, 0.05) is 11.8 Å². The van der Waals surface area contributed by atoms with Crippen LogP contribution in [0.2, 0.25) is 0 Å². The van der Waals surface area contributed by atoms with Gasteiger partial charge in [0.05, 0.1) is 26.0 Å². The van der Waals surface area contributed by atoms with Gasteiger partial charge in [-0.1, -0.05) is 13.0 Å². The first-order valence-corrected chi connectivity index (χ1v) is 7.56. The van der Waals surface area contributed by atoms with E-state index in [1.165, 1.54) is 0 Å². The van der Waals surface area contributed by atoms with Gasteiger partial charge in [-0.15, -0.1) is 0 Å². The number of aromatic nitrogens is 1. The summed E-state index contributed by atoms with van der Waals surface area (Å²) in [7, 11) is 3.30. The molecule has 1 aromatic heterocycles. The Morgan fingerprint density at radius 1 is 1.19 bits per heavy atom. The molecule has 0 amide bonds. The van der Waals surface area contributed by atoms with Crippen LogP contribution >= 0.6 is 15.9 Å². The smallest absolute Gasteiger partial charge is 0.141 e. The van der Waals surface area contributed by atoms with Gasteiger partial charge < -0.3 is 14.8 Å². The number of nitrogens with one attached hydrogen (secondary N) is 1. The summed E-state index contributed by atoms with van der Waals surface area (Å²) in [6.07, 6.45) is 1.80. The van der Waals surface area contributed by atoms with Crippen molar-refractivity contribution in [2.75, 3.05) is 20.8 Å². The number of rotatable bonds is 6. The highest BCUT2D eigenvalue weighted by Gasteiger charge is 2.22. The van der Waals surface area contributed by atoms with E-state index in [1.807, 2.05) is 30.3 Å². The van der Waals surface area contributed by atoms with Gasteiger partial charge in [0.1, 0.15) is 16.0 Å². The fourth-order valence-corrected chi connectivity index (χ4v) is 2.95. The summed E-state index contributed by atoms with van der Waals surface area (Å²) in [5.74, 6) is 1.50. The first-order valence-electron chi connectivity index (χ1n) is 6.77. The Bertz CT molecular complexity index is 590. The molecule has 0 bridgehead atoms. The number of hydrogen-bond acceptors (Lipinski definition) is 4. The fraction of sp³-hybridized carbons (Fsp3) is 0.312. The Kier molecular flexibility index (Phi) is 5.59. The fourth-order valence-electron chi connectivity index (χ4n) is 2.27. The molecule has 112 valence electrons. The minimum Gasteiger partial charge on any atom is -0.495 e. The maximum absolute atomic E-state index is 5.57. The molecule has 0 aliphatic heterocycles. The van der Waals surface area contributed by atoms with Crippen LogP contribution in [-0.4, -0.2) is 25.7 Å². The molecule has 0 fully saturated rings. The van der Waals surface area contributed by atoms with Gasteiger partial charge in [-0.05, 0) is 46.7 Å². The SMILES string of the molecule is CCNC(c1ccccn1)c1ccc(OC)c(Br)c1OC. The van der Waals surface area contributed by atoms with Crippen LogP contribution in [0.1, 0.15) is 24.2 Å². The van der Waals surface area contributed by atoms with Gasteiger partial charge in [0.15, 0.2) is 0 Å². The van der Waals surface area contributed by atoms with E-state index in [4.69, 9.17) is 9.47 Å². The third-order valence-corrected chi connectivity index (χ3v) is 3.97. The Labute approximate surface area is 133 Å². The van der Waals surface area contributed by atoms with Crippen molar-refractivity contribution in [2.24, 2.45) is 0 Å². The molecule has 0 radical (unpaired) electrons. The summed E-state index contributed by atoms with van der Waals surface area (Å²) in [6.45, 7) is 2.90. The largest absolute Gasteiger partial charge is 0.495 e. The molecule has 0 saturated carbocycles. The van der Waals surface area contributed by atoms with Crippen molar-refractivity contribution in [1.29, 1.82) is 0 Å². The number of halogens is 1. The number of hydrogen-bond donors (Lipinski definition) is 1. The zero-order chi connectivity index (χ0) is 15.2. The van der Waals surface area contributed by atoms with Crippen molar-refractivity contribution in [3.05, 3.63) is 52.3 Å². The van der Waals surface area contributed by atoms with Crippen molar-refractivity contribution < 1.29 is 9.47 Å². The lowest BCUT2D eigenvalue weighted by molar-refractivity contribution is 0.382. The van der Waals surface area contributed by atoms with Crippen LogP contribution in [0.15, 0.2) is 41.0 Å². The standard InChI is InChI=1S/C16H19BrN2O2/c1-4-18-15(12-7-5-6-10-19-12)11-8-9-13(20-2)14(17)16(11)21-3/h5-10,15,18H,4H2,1-3H3. The van der Waals surface area contributed by atoms with Crippen LogP contribution < -0.4 is 14.8 Å². The number of pyridine rings is 1. The average molecular weight is 351 g/mol. The average Bonchev–Trinajstić information content (AvgIpc) is 2.53. The van der Waals surface area contributed by atoms with Crippen molar-refractivity contribution >= 4 is 15.9 Å². The molecule has 1 heterocycles. The third-order valence-electron chi connectivity index (χ3n) is 3.22. The van der Waals surface area contributed by atoms with E-state index >= 15 is 0 Å². The van der Waals surface area contributed by atoms with E-state index in [0.29, 0.717) is 0 Å². The van der Waals surface area contributed by atoms with Gasteiger partial charge in [-0.3, -0.25) is 4.98 Å². The van der Waals surface area contributed by atoms with E-state index in [-0.39, 0.29) is 6.04 Å². The molecule has 2 rings (SSSR count). The first-order chi connectivity index (χ1) is 10.2. The van der Waals surface area contributed by atoms with Crippen LogP contribution in [0.5, 0.6) is 11.5 Å². The molecule has 4 nitrogen and oxygen atoms in total. The minimum atomic E-state index is -0.0339. The minimum absolute atomic E-state index is 0.0339. The Morgan fingerprint density at radius 2 is 2.00 bits per heavy atom. The monoisotopic (exact) mass is 350 g/mol. The number of nitrogens with zero attached hydrogens (tertiary/aromatic N) is 1. The number of methoxy groups -OCH3 is 2. The highest BCUT2D eigenvalue weighted by atomic mass is 79.9. The second-order valence-corrected chi connectivity index (χ2v) is 5.24. The van der Waals surface area contributed by atoms with Crippen LogP contribution in [-0.2, 0) is 0 Å². The molecular formula is C16H19BrN2O2. The Morgan fingerprint density at radius 3 is 2.57 bits per heavy atom. The molecular weight excluding hydrogens is 332 g/mol. The van der Waals surface area contributed by atoms with Gasteiger partial charge in [-0.2, -0.15) is 0 Å². The molecule has 21 heavy (non-hydrogen) atoms. The van der Waals surface area contributed by atoms with Crippen LogP contribution in [0, 0.1) is 0 Å². The molecule has 0 aliphatic rings. The molecule has 2 aromatic rings. The van der Waals surface area contributed by atoms with Crippen LogP contribution in [0.25, 0.3) is 0 Å². The lowest BCUT2D eigenvalue weighted by atomic mass is 10.0. The van der Waals surface area contributed by atoms with E-state index in [1.54, 1.807) is 20.4 Å². The molecule has 1 atom stereocenters. The lowest BCUT2D eigenvalue weighted by Gasteiger charge is -2.22. The molecule has 0 saturated heterocycles. The van der Waals surface area contributed by atoms with Crippen molar-refractivity contribution in [3.63, 3.8) is 0 Å². The summed E-state index contributed by atoms with van der Waals surface area (Å²) in [5.41, 5.74) is 1.97. The molecule has 1 aromatic carbocycles. The number of ether oxygens (including phenoxy) is 2. The first kappa shape index (κ1) is 15.8. The zero-order valence-electron chi connectivity index (χ0n) is 12.4. The van der Waals surface area contributed by atoms with E-state index in [2.05, 4.69) is 33.2 Å². The van der Waals surface area contributed by atoms with Crippen molar-refractivity contribution in [1.82, 2.24) is 10.3 Å². The Hall–Kier alpha value is -1.59. The predicted octanol–water partition coefficient (Wildman–Crippen LogP) is 3.56.